The molecule has 0 amide bonds. The molecular weight excluding hydrogens is 233 g/mol. The lowest BCUT2D eigenvalue weighted by atomic mass is 10.0. The van der Waals surface area contributed by atoms with E-state index in [1.807, 2.05) is 13.8 Å². The Morgan fingerprint density at radius 2 is 2.06 bits per heavy atom. The number of hydrogen-bond donors (Lipinski definition) is 1. The Bertz CT molecular complexity index is 551. The first kappa shape index (κ1) is 12.7. The highest BCUT2D eigenvalue weighted by Crippen LogP contribution is 2.21. The van der Waals surface area contributed by atoms with Crippen molar-refractivity contribution in [3.8, 4) is 0 Å². The van der Waals surface area contributed by atoms with Crippen molar-refractivity contribution < 1.29 is 8.91 Å². The Morgan fingerprint density at radius 1 is 1.33 bits per heavy atom. The van der Waals surface area contributed by atoms with Gasteiger partial charge in [0.2, 0.25) is 5.89 Å². The molecule has 0 saturated carbocycles. The van der Waals surface area contributed by atoms with Gasteiger partial charge in [0.15, 0.2) is 5.82 Å². The molecular formula is C13H16FN3O. The number of hydrogen-bond acceptors (Lipinski definition) is 4. The molecule has 1 aromatic carbocycles. The van der Waals surface area contributed by atoms with E-state index in [0.717, 1.165) is 0 Å². The quantitative estimate of drug-likeness (QED) is 0.908. The minimum atomic E-state index is -0.573. The summed E-state index contributed by atoms with van der Waals surface area (Å²) in [5, 5.41) is 3.83. The third kappa shape index (κ3) is 2.41. The van der Waals surface area contributed by atoms with Crippen molar-refractivity contribution in [3.05, 3.63) is 46.9 Å². The number of nitrogens with two attached hydrogens (primary N) is 1. The van der Waals surface area contributed by atoms with Crippen LogP contribution in [0, 0.1) is 12.7 Å². The highest BCUT2D eigenvalue weighted by atomic mass is 19.1. The maximum absolute atomic E-state index is 13.5. The van der Waals surface area contributed by atoms with Crippen LogP contribution >= 0.6 is 0 Å². The molecule has 0 radical (unpaired) electrons. The fourth-order valence-electron chi connectivity index (χ4n) is 1.56. The predicted molar refractivity (Wildman–Crippen MR) is 65.6 cm³/mol. The van der Waals surface area contributed by atoms with Gasteiger partial charge in [0, 0.05) is 5.92 Å². The largest absolute Gasteiger partial charge is 0.339 e. The first-order valence-electron chi connectivity index (χ1n) is 5.84. The van der Waals surface area contributed by atoms with E-state index in [9.17, 15) is 4.39 Å². The Kier molecular flexibility index (Phi) is 3.43. The molecule has 18 heavy (non-hydrogen) atoms. The number of rotatable bonds is 3. The minimum Gasteiger partial charge on any atom is -0.339 e. The van der Waals surface area contributed by atoms with Gasteiger partial charge in [0.25, 0.3) is 0 Å². The van der Waals surface area contributed by atoms with Crippen LogP contribution in [0.5, 0.6) is 0 Å². The van der Waals surface area contributed by atoms with Crippen LogP contribution in [-0.4, -0.2) is 10.1 Å². The Morgan fingerprint density at radius 3 is 2.61 bits per heavy atom. The summed E-state index contributed by atoms with van der Waals surface area (Å²) in [5.41, 5.74) is 7.22. The van der Waals surface area contributed by atoms with E-state index in [2.05, 4.69) is 10.1 Å². The van der Waals surface area contributed by atoms with Crippen molar-refractivity contribution in [2.45, 2.75) is 32.7 Å². The van der Waals surface area contributed by atoms with Gasteiger partial charge in [-0.25, -0.2) is 4.39 Å². The molecule has 0 spiro atoms. The molecule has 2 N–H and O–H groups in total. The zero-order valence-corrected chi connectivity index (χ0v) is 10.6. The molecule has 0 aliphatic rings. The predicted octanol–water partition coefficient (Wildman–Crippen LogP) is 2.69. The second kappa shape index (κ2) is 4.86. The van der Waals surface area contributed by atoms with E-state index in [4.69, 9.17) is 10.3 Å². The van der Waals surface area contributed by atoms with Crippen LogP contribution in [0.15, 0.2) is 22.7 Å². The number of aryl methyl sites for hydroxylation is 1. The second-order valence-electron chi connectivity index (χ2n) is 4.63. The van der Waals surface area contributed by atoms with Gasteiger partial charge in [0.1, 0.15) is 5.82 Å². The number of benzene rings is 1. The molecule has 4 nitrogen and oxygen atoms in total. The molecule has 1 unspecified atom stereocenters. The van der Waals surface area contributed by atoms with Gasteiger partial charge in [-0.1, -0.05) is 31.1 Å². The van der Waals surface area contributed by atoms with Crippen molar-refractivity contribution in [3.63, 3.8) is 0 Å². The van der Waals surface area contributed by atoms with Gasteiger partial charge in [0.05, 0.1) is 6.04 Å². The van der Waals surface area contributed by atoms with Crippen LogP contribution in [0.1, 0.15) is 48.6 Å². The number of halogens is 1. The van der Waals surface area contributed by atoms with Crippen LogP contribution in [0.4, 0.5) is 4.39 Å². The summed E-state index contributed by atoms with van der Waals surface area (Å²) in [5.74, 6) is 0.777. The molecule has 1 atom stereocenters. The maximum Gasteiger partial charge on any atom is 0.229 e. The van der Waals surface area contributed by atoms with E-state index >= 15 is 0 Å². The van der Waals surface area contributed by atoms with E-state index in [0.29, 0.717) is 22.8 Å². The van der Waals surface area contributed by atoms with Gasteiger partial charge in [-0.3, -0.25) is 0 Å². The van der Waals surface area contributed by atoms with Gasteiger partial charge in [-0.05, 0) is 24.1 Å². The third-order valence-electron chi connectivity index (χ3n) is 2.78. The second-order valence-corrected chi connectivity index (χ2v) is 4.63. The van der Waals surface area contributed by atoms with E-state index in [1.54, 1.807) is 19.1 Å². The smallest absolute Gasteiger partial charge is 0.229 e. The molecule has 0 bridgehead atoms. The highest BCUT2D eigenvalue weighted by molar-refractivity contribution is 5.28. The van der Waals surface area contributed by atoms with Crippen molar-refractivity contribution in [2.75, 3.05) is 0 Å². The lowest BCUT2D eigenvalue weighted by molar-refractivity contribution is 0.359. The fourth-order valence-corrected chi connectivity index (χ4v) is 1.56. The highest BCUT2D eigenvalue weighted by Gasteiger charge is 2.18. The number of nitrogens with zero attached hydrogens (tertiary/aromatic N) is 2. The van der Waals surface area contributed by atoms with Gasteiger partial charge >= 0.3 is 0 Å². The zero-order valence-electron chi connectivity index (χ0n) is 10.6. The third-order valence-corrected chi connectivity index (χ3v) is 2.78. The molecule has 0 aliphatic carbocycles. The lowest BCUT2D eigenvalue weighted by Gasteiger charge is -2.08. The van der Waals surface area contributed by atoms with Crippen molar-refractivity contribution in [2.24, 2.45) is 5.73 Å². The van der Waals surface area contributed by atoms with Crippen molar-refractivity contribution in [1.29, 1.82) is 0 Å². The Labute approximate surface area is 105 Å². The molecule has 96 valence electrons. The molecule has 2 rings (SSSR count). The average molecular weight is 249 g/mol. The monoisotopic (exact) mass is 249 g/mol. The van der Waals surface area contributed by atoms with Crippen molar-refractivity contribution in [1.82, 2.24) is 10.1 Å². The summed E-state index contributed by atoms with van der Waals surface area (Å²) in [6.45, 7) is 5.61. The van der Waals surface area contributed by atoms with Crippen LogP contribution in [0.3, 0.4) is 0 Å². The SMILES string of the molecule is Cc1ccc(C(N)c2noc(C(C)C)n2)cc1F. The average Bonchev–Trinajstić information content (AvgIpc) is 2.81. The Balaban J connectivity index is 2.29. The van der Waals surface area contributed by atoms with Crippen molar-refractivity contribution >= 4 is 0 Å². The first-order valence-corrected chi connectivity index (χ1v) is 5.84. The van der Waals surface area contributed by atoms with Crippen LogP contribution in [-0.2, 0) is 0 Å². The topological polar surface area (TPSA) is 64.9 Å². The van der Waals surface area contributed by atoms with E-state index < -0.39 is 6.04 Å². The van der Waals surface area contributed by atoms with Gasteiger partial charge in [-0.2, -0.15) is 4.98 Å². The molecule has 0 saturated heterocycles. The first-order chi connectivity index (χ1) is 8.49. The standard InChI is InChI=1S/C13H16FN3O/c1-7(2)13-16-12(17-18-13)11(15)9-5-4-8(3)10(14)6-9/h4-7,11H,15H2,1-3H3. The normalized spacial score (nSPS) is 13.0. The summed E-state index contributed by atoms with van der Waals surface area (Å²) in [7, 11) is 0. The van der Waals surface area contributed by atoms with Crippen LogP contribution in [0.2, 0.25) is 0 Å². The maximum atomic E-state index is 13.5. The van der Waals surface area contributed by atoms with Gasteiger partial charge < -0.3 is 10.3 Å². The van der Waals surface area contributed by atoms with Crippen LogP contribution in [0.25, 0.3) is 0 Å². The Hall–Kier alpha value is -1.75. The molecule has 1 aromatic heterocycles. The summed E-state index contributed by atoms with van der Waals surface area (Å²) in [4.78, 5) is 4.21. The van der Waals surface area contributed by atoms with E-state index in [-0.39, 0.29) is 11.7 Å². The number of aromatic nitrogens is 2. The summed E-state index contributed by atoms with van der Waals surface area (Å²) >= 11 is 0. The molecule has 2 aromatic rings. The molecule has 1 heterocycles. The lowest BCUT2D eigenvalue weighted by Crippen LogP contribution is -2.14. The fraction of sp³-hybridized carbons (Fsp3) is 0.385. The summed E-state index contributed by atoms with van der Waals surface area (Å²) in [6.07, 6.45) is 0. The summed E-state index contributed by atoms with van der Waals surface area (Å²) < 4.78 is 18.6. The summed E-state index contributed by atoms with van der Waals surface area (Å²) in [6, 6.07) is 4.30. The van der Waals surface area contributed by atoms with Crippen LogP contribution < -0.4 is 5.73 Å². The molecule has 0 aliphatic heterocycles. The molecule has 0 fully saturated rings. The van der Waals surface area contributed by atoms with E-state index in [1.165, 1.54) is 6.07 Å². The zero-order chi connectivity index (χ0) is 13.3. The van der Waals surface area contributed by atoms with Gasteiger partial charge in [-0.15, -0.1) is 0 Å². The molecule has 5 heteroatoms. The minimum absolute atomic E-state index is 0.146.